The van der Waals surface area contributed by atoms with E-state index in [9.17, 15) is 0 Å². The minimum absolute atomic E-state index is 0.260. The molecule has 0 aliphatic carbocycles. The van der Waals surface area contributed by atoms with E-state index in [4.69, 9.17) is 38.4 Å². The van der Waals surface area contributed by atoms with Gasteiger partial charge in [0.2, 0.25) is 0 Å². The second-order valence-corrected chi connectivity index (χ2v) is 5.18. The van der Waals surface area contributed by atoms with Gasteiger partial charge in [0.25, 0.3) is 0 Å². The Morgan fingerprint density at radius 1 is 1.00 bits per heavy atom. The Labute approximate surface area is 134 Å². The first-order valence-electron chi connectivity index (χ1n) is 6.67. The molecule has 3 nitrogen and oxygen atoms in total. The van der Waals surface area contributed by atoms with Crippen LogP contribution in [0.5, 0.6) is 11.5 Å². The van der Waals surface area contributed by atoms with Crippen molar-refractivity contribution in [2.24, 2.45) is 5.73 Å². The SMILES string of the molecule is CCOc1cccc(CN)c1OCc1c(Cl)cccc1Cl. The minimum atomic E-state index is 0.260. The Balaban J connectivity index is 2.27. The normalized spacial score (nSPS) is 10.5. The van der Waals surface area contributed by atoms with E-state index < -0.39 is 0 Å². The van der Waals surface area contributed by atoms with Gasteiger partial charge in [-0.3, -0.25) is 0 Å². The number of nitrogens with two attached hydrogens (primary N) is 1. The smallest absolute Gasteiger partial charge is 0.166 e. The van der Waals surface area contributed by atoms with E-state index in [1.807, 2.05) is 25.1 Å². The quantitative estimate of drug-likeness (QED) is 0.854. The number of ether oxygens (including phenoxy) is 2. The molecule has 21 heavy (non-hydrogen) atoms. The summed E-state index contributed by atoms with van der Waals surface area (Å²) in [6.45, 7) is 3.10. The fraction of sp³-hybridized carbons (Fsp3) is 0.250. The summed E-state index contributed by atoms with van der Waals surface area (Å²) in [6, 6.07) is 11.0. The molecular weight excluding hydrogens is 309 g/mol. The van der Waals surface area contributed by atoms with Gasteiger partial charge in [0.15, 0.2) is 11.5 Å². The zero-order chi connectivity index (χ0) is 15.2. The van der Waals surface area contributed by atoms with Crippen molar-refractivity contribution in [2.45, 2.75) is 20.1 Å². The molecule has 2 aromatic carbocycles. The van der Waals surface area contributed by atoms with Crippen molar-refractivity contribution in [1.29, 1.82) is 0 Å². The van der Waals surface area contributed by atoms with Gasteiger partial charge < -0.3 is 15.2 Å². The van der Waals surface area contributed by atoms with Gasteiger partial charge in [-0.25, -0.2) is 0 Å². The van der Waals surface area contributed by atoms with E-state index >= 15 is 0 Å². The lowest BCUT2D eigenvalue weighted by atomic mass is 10.2. The lowest BCUT2D eigenvalue weighted by Crippen LogP contribution is -2.06. The van der Waals surface area contributed by atoms with Crippen molar-refractivity contribution < 1.29 is 9.47 Å². The number of benzene rings is 2. The molecule has 0 saturated heterocycles. The average molecular weight is 326 g/mol. The predicted octanol–water partition coefficient (Wildman–Crippen LogP) is 4.43. The molecule has 0 heterocycles. The van der Waals surface area contributed by atoms with Crippen LogP contribution in [0.15, 0.2) is 36.4 Å². The number of rotatable bonds is 6. The van der Waals surface area contributed by atoms with Crippen LogP contribution in [0.2, 0.25) is 10.0 Å². The Morgan fingerprint density at radius 2 is 1.67 bits per heavy atom. The van der Waals surface area contributed by atoms with E-state index in [0.29, 0.717) is 34.7 Å². The van der Waals surface area contributed by atoms with Crippen LogP contribution in [-0.4, -0.2) is 6.61 Å². The molecule has 0 amide bonds. The molecule has 2 rings (SSSR count). The molecule has 0 bridgehead atoms. The topological polar surface area (TPSA) is 44.5 Å². The van der Waals surface area contributed by atoms with Crippen LogP contribution in [-0.2, 0) is 13.2 Å². The maximum Gasteiger partial charge on any atom is 0.166 e. The summed E-state index contributed by atoms with van der Waals surface area (Å²) in [5.74, 6) is 1.31. The van der Waals surface area contributed by atoms with E-state index in [-0.39, 0.29) is 6.61 Å². The van der Waals surface area contributed by atoms with Crippen LogP contribution in [0.4, 0.5) is 0 Å². The molecule has 2 aromatic rings. The standard InChI is InChI=1S/C16H17Cl2NO2/c1-2-20-15-8-3-5-11(9-19)16(15)21-10-12-13(17)6-4-7-14(12)18/h3-8H,2,9-10,19H2,1H3. The molecule has 0 unspecified atom stereocenters. The summed E-state index contributed by atoms with van der Waals surface area (Å²) in [4.78, 5) is 0. The maximum absolute atomic E-state index is 6.15. The van der Waals surface area contributed by atoms with E-state index in [1.165, 1.54) is 0 Å². The van der Waals surface area contributed by atoms with Crippen LogP contribution >= 0.6 is 23.2 Å². The highest BCUT2D eigenvalue weighted by Gasteiger charge is 2.12. The first-order valence-corrected chi connectivity index (χ1v) is 7.43. The molecule has 0 aromatic heterocycles. The summed E-state index contributed by atoms with van der Waals surface area (Å²) >= 11 is 12.3. The molecular formula is C16H17Cl2NO2. The summed E-state index contributed by atoms with van der Waals surface area (Å²) in [5, 5.41) is 1.15. The second-order valence-electron chi connectivity index (χ2n) is 4.37. The number of halogens is 2. The molecule has 0 spiro atoms. The van der Waals surface area contributed by atoms with Crippen molar-refractivity contribution in [3.63, 3.8) is 0 Å². The number of hydrogen-bond donors (Lipinski definition) is 1. The van der Waals surface area contributed by atoms with Crippen molar-refractivity contribution in [3.8, 4) is 11.5 Å². The molecule has 0 atom stereocenters. The Hall–Kier alpha value is -1.42. The Bertz CT molecular complexity index is 597. The third-order valence-electron chi connectivity index (χ3n) is 3.00. The Kier molecular flexibility index (Phi) is 5.74. The number of para-hydroxylation sites is 1. The highest BCUT2D eigenvalue weighted by Crippen LogP contribution is 2.33. The van der Waals surface area contributed by atoms with Crippen molar-refractivity contribution >= 4 is 23.2 Å². The predicted molar refractivity (Wildman–Crippen MR) is 86.3 cm³/mol. The van der Waals surface area contributed by atoms with E-state index in [2.05, 4.69) is 0 Å². The van der Waals surface area contributed by atoms with E-state index in [1.54, 1.807) is 18.2 Å². The molecule has 0 aliphatic rings. The molecule has 0 fully saturated rings. The van der Waals surface area contributed by atoms with Crippen LogP contribution in [0.3, 0.4) is 0 Å². The zero-order valence-corrected chi connectivity index (χ0v) is 13.2. The van der Waals surface area contributed by atoms with Crippen LogP contribution in [0, 0.1) is 0 Å². The third kappa shape index (κ3) is 3.82. The van der Waals surface area contributed by atoms with Crippen LogP contribution in [0.1, 0.15) is 18.1 Å². The molecule has 2 N–H and O–H groups in total. The van der Waals surface area contributed by atoms with Gasteiger partial charge in [-0.15, -0.1) is 0 Å². The second kappa shape index (κ2) is 7.55. The van der Waals surface area contributed by atoms with Gasteiger partial charge in [-0.1, -0.05) is 41.4 Å². The van der Waals surface area contributed by atoms with Gasteiger partial charge in [-0.05, 0) is 25.1 Å². The average Bonchev–Trinajstić information content (AvgIpc) is 2.48. The minimum Gasteiger partial charge on any atom is -0.490 e. The lowest BCUT2D eigenvalue weighted by Gasteiger charge is -2.16. The van der Waals surface area contributed by atoms with Crippen LogP contribution in [0.25, 0.3) is 0 Å². The molecule has 112 valence electrons. The van der Waals surface area contributed by atoms with Gasteiger partial charge in [-0.2, -0.15) is 0 Å². The summed E-state index contributed by atoms with van der Waals surface area (Å²) < 4.78 is 11.5. The maximum atomic E-state index is 6.15. The third-order valence-corrected chi connectivity index (χ3v) is 3.71. The number of hydrogen-bond acceptors (Lipinski definition) is 3. The van der Waals surface area contributed by atoms with Gasteiger partial charge >= 0.3 is 0 Å². The van der Waals surface area contributed by atoms with E-state index in [0.717, 1.165) is 11.1 Å². The van der Waals surface area contributed by atoms with Gasteiger partial charge in [0, 0.05) is 27.7 Å². The zero-order valence-electron chi connectivity index (χ0n) is 11.7. The largest absolute Gasteiger partial charge is 0.490 e. The van der Waals surface area contributed by atoms with Gasteiger partial charge in [0.1, 0.15) is 6.61 Å². The monoisotopic (exact) mass is 325 g/mol. The fourth-order valence-corrected chi connectivity index (χ4v) is 2.48. The summed E-state index contributed by atoms with van der Waals surface area (Å²) in [7, 11) is 0. The Morgan fingerprint density at radius 3 is 2.29 bits per heavy atom. The molecule has 0 radical (unpaired) electrons. The fourth-order valence-electron chi connectivity index (χ4n) is 1.97. The highest BCUT2D eigenvalue weighted by molar-refractivity contribution is 6.35. The first kappa shape index (κ1) is 16.0. The molecule has 0 aliphatic heterocycles. The van der Waals surface area contributed by atoms with Crippen molar-refractivity contribution in [1.82, 2.24) is 0 Å². The summed E-state index contributed by atoms with van der Waals surface area (Å²) in [6.07, 6.45) is 0. The highest BCUT2D eigenvalue weighted by atomic mass is 35.5. The molecule has 0 saturated carbocycles. The van der Waals surface area contributed by atoms with Crippen LogP contribution < -0.4 is 15.2 Å². The lowest BCUT2D eigenvalue weighted by molar-refractivity contribution is 0.267. The van der Waals surface area contributed by atoms with Crippen molar-refractivity contribution in [2.75, 3.05) is 6.61 Å². The first-order chi connectivity index (χ1) is 10.2. The molecule has 5 heteroatoms. The van der Waals surface area contributed by atoms with Gasteiger partial charge in [0.05, 0.1) is 6.61 Å². The summed E-state index contributed by atoms with van der Waals surface area (Å²) in [5.41, 5.74) is 7.38. The van der Waals surface area contributed by atoms with Crippen molar-refractivity contribution in [3.05, 3.63) is 57.6 Å².